The molecule has 3 aromatic rings. The lowest BCUT2D eigenvalue weighted by Crippen LogP contribution is -1.93. The Bertz CT molecular complexity index is 858. The van der Waals surface area contributed by atoms with Crippen molar-refractivity contribution >= 4 is 66.4 Å². The van der Waals surface area contributed by atoms with Crippen LogP contribution in [0.4, 0.5) is 4.39 Å². The summed E-state index contributed by atoms with van der Waals surface area (Å²) < 4.78 is 17.2. The van der Waals surface area contributed by atoms with E-state index in [-0.39, 0.29) is 16.4 Å². The van der Waals surface area contributed by atoms with Crippen molar-refractivity contribution in [2.24, 2.45) is 7.05 Å². The van der Waals surface area contributed by atoms with Gasteiger partial charge < -0.3 is 0 Å². The Hall–Kier alpha value is -0.470. The van der Waals surface area contributed by atoms with Gasteiger partial charge in [0.05, 0.1) is 28.7 Å². The first-order valence-electron chi connectivity index (χ1n) is 5.89. The number of nitrogens with zero attached hydrogens (tertiary/aromatic N) is 3. The fraction of sp³-hybridized carbons (Fsp3) is 0.0769. The van der Waals surface area contributed by atoms with E-state index in [4.69, 9.17) is 23.2 Å². The quantitative estimate of drug-likeness (QED) is 0.434. The van der Waals surface area contributed by atoms with Gasteiger partial charge in [-0.2, -0.15) is 5.10 Å². The van der Waals surface area contributed by atoms with Crippen LogP contribution in [0, 0.1) is 5.82 Å². The fourth-order valence-corrected chi connectivity index (χ4v) is 4.71. The number of halogens is 5. The summed E-state index contributed by atoms with van der Waals surface area (Å²) in [7, 11) is 1.72. The van der Waals surface area contributed by atoms with Crippen LogP contribution in [-0.4, -0.2) is 14.8 Å². The zero-order valence-corrected chi connectivity index (χ0v) is 16.4. The van der Waals surface area contributed by atoms with Crippen LogP contribution >= 0.6 is 66.4 Å². The lowest BCUT2D eigenvalue weighted by molar-refractivity contribution is 0.629. The molecule has 2 heterocycles. The molecule has 2 aromatic heterocycles. The largest absolute Gasteiger partial charge is 0.248 e. The molecule has 22 heavy (non-hydrogen) atoms. The average molecular weight is 486 g/mol. The Kier molecular flexibility index (Phi) is 4.62. The van der Waals surface area contributed by atoms with Crippen molar-refractivity contribution < 1.29 is 4.39 Å². The molecule has 0 amide bonds. The highest BCUT2D eigenvalue weighted by Crippen LogP contribution is 2.45. The molecule has 0 N–H and O–H groups in total. The molecule has 0 radical (unpaired) electrons. The lowest BCUT2D eigenvalue weighted by atomic mass is 10.2. The summed E-state index contributed by atoms with van der Waals surface area (Å²) in [5.41, 5.74) is 0.178. The maximum atomic E-state index is 14.0. The second-order valence-electron chi connectivity index (χ2n) is 4.31. The average Bonchev–Trinajstić information content (AvgIpc) is 2.94. The van der Waals surface area contributed by atoms with Crippen LogP contribution in [0.2, 0.25) is 10.0 Å². The molecule has 0 bridgehead atoms. The van der Waals surface area contributed by atoms with Crippen LogP contribution in [0.25, 0.3) is 22.1 Å². The van der Waals surface area contributed by atoms with Crippen LogP contribution in [0.5, 0.6) is 0 Å². The topological polar surface area (TPSA) is 30.7 Å². The van der Waals surface area contributed by atoms with Gasteiger partial charge >= 0.3 is 0 Å². The highest BCUT2D eigenvalue weighted by atomic mass is 79.9. The van der Waals surface area contributed by atoms with Crippen molar-refractivity contribution in [3.8, 4) is 22.1 Å². The van der Waals surface area contributed by atoms with E-state index in [1.165, 1.54) is 23.5 Å². The Morgan fingerprint density at radius 3 is 2.59 bits per heavy atom. The standard InChI is InChI=1S/C13H6Br2Cl2FN3S/c1-21-13(10-9(17)8(14)11(15)22-10)19-12(20-21)7-5(16)3-2-4-6(7)18/h2-4H,1H3. The van der Waals surface area contributed by atoms with Crippen molar-refractivity contribution in [1.82, 2.24) is 14.8 Å². The Morgan fingerprint density at radius 2 is 2.00 bits per heavy atom. The lowest BCUT2D eigenvalue weighted by Gasteiger charge is -1.99. The van der Waals surface area contributed by atoms with Gasteiger partial charge in [0.2, 0.25) is 0 Å². The predicted molar refractivity (Wildman–Crippen MR) is 95.1 cm³/mol. The van der Waals surface area contributed by atoms with E-state index in [0.717, 1.165) is 13.1 Å². The molecule has 0 atom stereocenters. The van der Waals surface area contributed by atoms with Crippen LogP contribution in [0.15, 0.2) is 26.5 Å². The molecule has 0 aliphatic rings. The van der Waals surface area contributed by atoms with Gasteiger partial charge in [-0.25, -0.2) is 14.1 Å². The molecule has 1 aromatic carbocycles. The molecule has 0 aliphatic heterocycles. The van der Waals surface area contributed by atoms with E-state index in [9.17, 15) is 4.39 Å². The van der Waals surface area contributed by atoms with Crippen LogP contribution in [0.1, 0.15) is 0 Å². The monoisotopic (exact) mass is 483 g/mol. The van der Waals surface area contributed by atoms with Crippen molar-refractivity contribution in [2.75, 3.05) is 0 Å². The third-order valence-electron chi connectivity index (χ3n) is 2.91. The number of hydrogen-bond donors (Lipinski definition) is 0. The molecule has 0 saturated carbocycles. The van der Waals surface area contributed by atoms with Gasteiger partial charge in [0.1, 0.15) is 5.82 Å². The van der Waals surface area contributed by atoms with E-state index < -0.39 is 5.82 Å². The molecule has 3 nitrogen and oxygen atoms in total. The second-order valence-corrected chi connectivity index (χ2v) is 8.23. The van der Waals surface area contributed by atoms with Crippen LogP contribution in [-0.2, 0) is 7.05 Å². The SMILES string of the molecule is Cn1nc(-c2c(F)cccc2Cl)nc1-c1sc(Br)c(Br)c1Cl. The van der Waals surface area contributed by atoms with Crippen molar-refractivity contribution in [1.29, 1.82) is 0 Å². The third kappa shape index (κ3) is 2.73. The van der Waals surface area contributed by atoms with Gasteiger partial charge in [0.15, 0.2) is 11.6 Å². The normalized spacial score (nSPS) is 11.2. The van der Waals surface area contributed by atoms with E-state index in [0.29, 0.717) is 10.8 Å². The molecule has 0 aliphatic carbocycles. The summed E-state index contributed by atoms with van der Waals surface area (Å²) in [5, 5.41) is 5.04. The Labute approximate surface area is 156 Å². The molecule has 0 saturated heterocycles. The van der Waals surface area contributed by atoms with E-state index in [1.807, 2.05) is 0 Å². The first kappa shape index (κ1) is 16.4. The van der Waals surface area contributed by atoms with Crippen LogP contribution < -0.4 is 0 Å². The van der Waals surface area contributed by atoms with Gasteiger partial charge in [-0.15, -0.1) is 11.3 Å². The number of hydrogen-bond acceptors (Lipinski definition) is 3. The molecule has 114 valence electrons. The van der Waals surface area contributed by atoms with Crippen molar-refractivity contribution in [2.45, 2.75) is 0 Å². The predicted octanol–water partition coefficient (Wildman–Crippen LogP) is 6.18. The molecular formula is C13H6Br2Cl2FN3S. The summed E-state index contributed by atoms with van der Waals surface area (Å²) in [4.78, 5) is 5.13. The Morgan fingerprint density at radius 1 is 1.27 bits per heavy atom. The van der Waals surface area contributed by atoms with E-state index in [2.05, 4.69) is 41.9 Å². The van der Waals surface area contributed by atoms with Gasteiger partial charge in [0.25, 0.3) is 0 Å². The minimum absolute atomic E-state index is 0.178. The third-order valence-corrected chi connectivity index (χ3v) is 7.39. The summed E-state index contributed by atoms with van der Waals surface area (Å²) in [6, 6.07) is 4.46. The minimum Gasteiger partial charge on any atom is -0.248 e. The van der Waals surface area contributed by atoms with E-state index in [1.54, 1.807) is 17.8 Å². The molecule has 3 rings (SSSR count). The first-order chi connectivity index (χ1) is 10.4. The van der Waals surface area contributed by atoms with Gasteiger partial charge in [0, 0.05) is 7.05 Å². The summed E-state index contributed by atoms with van der Waals surface area (Å²) in [6.45, 7) is 0. The number of rotatable bonds is 2. The molecule has 9 heteroatoms. The molecular weight excluding hydrogens is 480 g/mol. The Balaban J connectivity index is 2.18. The second kappa shape index (κ2) is 6.20. The van der Waals surface area contributed by atoms with Gasteiger partial charge in [-0.1, -0.05) is 29.3 Å². The fourth-order valence-electron chi connectivity index (χ4n) is 1.91. The smallest absolute Gasteiger partial charge is 0.186 e. The highest BCUT2D eigenvalue weighted by molar-refractivity contribution is 9.13. The summed E-state index contributed by atoms with van der Waals surface area (Å²) >= 11 is 20.6. The molecule has 0 fully saturated rings. The highest BCUT2D eigenvalue weighted by Gasteiger charge is 2.22. The van der Waals surface area contributed by atoms with E-state index >= 15 is 0 Å². The first-order valence-corrected chi connectivity index (χ1v) is 9.05. The van der Waals surface area contributed by atoms with Crippen molar-refractivity contribution in [3.63, 3.8) is 0 Å². The maximum absolute atomic E-state index is 14.0. The molecule has 0 spiro atoms. The zero-order valence-electron chi connectivity index (χ0n) is 10.9. The van der Waals surface area contributed by atoms with Gasteiger partial charge in [-0.3, -0.25) is 0 Å². The number of thiophene rings is 1. The van der Waals surface area contributed by atoms with Crippen molar-refractivity contribution in [3.05, 3.63) is 42.3 Å². The number of aryl methyl sites for hydroxylation is 1. The number of aromatic nitrogens is 3. The number of benzene rings is 1. The van der Waals surface area contributed by atoms with Gasteiger partial charge in [-0.05, 0) is 44.0 Å². The van der Waals surface area contributed by atoms with Crippen LogP contribution in [0.3, 0.4) is 0 Å². The molecule has 0 unspecified atom stereocenters. The maximum Gasteiger partial charge on any atom is 0.186 e. The summed E-state index contributed by atoms with van der Waals surface area (Å²) in [5.74, 6) is 0.289. The summed E-state index contributed by atoms with van der Waals surface area (Å²) in [6.07, 6.45) is 0. The minimum atomic E-state index is -0.468. The zero-order chi connectivity index (χ0) is 16.0.